The lowest BCUT2D eigenvalue weighted by molar-refractivity contribution is -0.0445. The van der Waals surface area contributed by atoms with Crippen LogP contribution < -0.4 is 10.2 Å². The van der Waals surface area contributed by atoms with Crippen molar-refractivity contribution in [2.75, 3.05) is 82.6 Å². The molecule has 0 radical (unpaired) electrons. The maximum atomic E-state index is 13.8. The molecule has 13 aliphatic rings. The Kier molecular flexibility index (Phi) is 29.1. The maximum Gasteiger partial charge on any atom is 0.454 e. The molecule has 5 aliphatic carbocycles. The van der Waals surface area contributed by atoms with Gasteiger partial charge in [-0.1, -0.05) is 37.1 Å². The van der Waals surface area contributed by atoms with E-state index in [4.69, 9.17) is 43.5 Å². The fraction of sp³-hybridized carbons (Fsp3) is 0.375. The number of nitrogens with one attached hydrogen (secondary N) is 1. The van der Waals surface area contributed by atoms with Gasteiger partial charge in [0.15, 0.2) is 54.3 Å². The summed E-state index contributed by atoms with van der Waals surface area (Å²) in [6, 6.07) is 24.7. The lowest BCUT2D eigenvalue weighted by Gasteiger charge is -2.47. The Morgan fingerprint density at radius 1 is 0.619 bits per heavy atom. The molecular weight excluding hydrogens is 1750 g/mol. The number of halogens is 8. The van der Waals surface area contributed by atoms with Crippen LogP contribution in [0.2, 0.25) is 5.82 Å². The van der Waals surface area contributed by atoms with Crippen LogP contribution in [0.4, 0.5) is 33.6 Å². The van der Waals surface area contributed by atoms with Gasteiger partial charge in [0, 0.05) is 98.8 Å². The zero-order valence-corrected chi connectivity index (χ0v) is 67.7. The molecule has 590 valence electrons. The van der Waals surface area contributed by atoms with Crippen LogP contribution in [-0.4, -0.2) is 161 Å². The molecule has 3 N–H and O–H groups in total. The molecule has 113 heavy (non-hydrogen) atoms. The van der Waals surface area contributed by atoms with E-state index in [-0.39, 0.29) is 65.6 Å². The summed E-state index contributed by atoms with van der Waals surface area (Å²) in [5, 5.41) is 28.3. The predicted octanol–water partition coefficient (Wildman–Crippen LogP) is 16.0. The van der Waals surface area contributed by atoms with Gasteiger partial charge < -0.3 is 48.7 Å². The average Bonchev–Trinajstić information content (AvgIpc) is 1.65. The first kappa shape index (κ1) is 82.6. The van der Waals surface area contributed by atoms with Crippen molar-refractivity contribution in [1.82, 2.24) is 49.5 Å². The lowest BCUT2D eigenvalue weighted by atomic mass is 9.71. The third kappa shape index (κ3) is 23.9. The Labute approximate surface area is 685 Å². The third-order valence-electron chi connectivity index (χ3n) is 19.0. The molecule has 1 unspecified atom stereocenters. The van der Waals surface area contributed by atoms with Crippen molar-refractivity contribution >= 4 is 102 Å². The van der Waals surface area contributed by atoms with E-state index in [1.54, 1.807) is 35.3 Å². The van der Waals surface area contributed by atoms with Crippen LogP contribution in [0.15, 0.2) is 193 Å². The fourth-order valence-corrected chi connectivity index (χ4v) is 13.8. The molecule has 8 aromatic rings. The molecule has 5 saturated heterocycles. The van der Waals surface area contributed by atoms with E-state index in [0.29, 0.717) is 94.5 Å². The van der Waals surface area contributed by atoms with Gasteiger partial charge in [-0.05, 0) is 216 Å². The predicted molar refractivity (Wildman–Crippen MR) is 438 cm³/mol. The minimum absolute atomic E-state index is 0.0728. The number of allylic oxidation sites excluding steroid dienone is 6. The van der Waals surface area contributed by atoms with Crippen molar-refractivity contribution in [2.24, 2.45) is 26.8 Å². The number of fused-ring (bicyclic) bond motifs is 2. The summed E-state index contributed by atoms with van der Waals surface area (Å²) in [5.74, 6) is 5.31. The number of hydrogen-bond donors (Lipinski definition) is 3. The summed E-state index contributed by atoms with van der Waals surface area (Å²) in [7, 11) is -1.04. The molecule has 21 rings (SSSR count). The van der Waals surface area contributed by atoms with Gasteiger partial charge in [0.05, 0.1) is 89.3 Å². The molecule has 0 spiro atoms. The number of piperidine rings is 2. The number of amidine groups is 1. The van der Waals surface area contributed by atoms with Gasteiger partial charge in [-0.3, -0.25) is 24.8 Å². The van der Waals surface area contributed by atoms with Crippen LogP contribution >= 0.6 is 61.1 Å². The number of aliphatic imine (C=N–C) groups is 3. The Hall–Kier alpha value is -8.37. The van der Waals surface area contributed by atoms with E-state index < -0.39 is 7.12 Å². The maximum absolute atomic E-state index is 13.8. The number of rotatable bonds is 13. The Bertz CT molecular complexity index is 4770. The largest absolute Gasteiger partial charge is 0.454 e. The number of aromatic nitrogens is 10. The van der Waals surface area contributed by atoms with Crippen molar-refractivity contribution in [1.29, 1.82) is 0 Å². The standard InChI is InChI=1S/C21H24N6.C15H15FN2O2.C13H11FINO2.C12H10FN3O.C8H8BrNO2.C4H3FIN.C4H4FN.C3H7BO2/c1-13-5-18(22-9-13)25-19-6-14(2)24-21(26-19)17-3-4-20(23-10-17)27-11-15-7-16(8-15)12-27;16-13-9-18(17-14(13)10-1-2-10)12-5-3-11(4-6-12)15-19-7-8-20-15;14-10-5-9(6-11(10)15)12-2-1-8(7-16-12)13-17-3-4-18-13;13-10-6-16(15-12(10)9-2-3-9)11-4-1-8(7-17)5-14-11;9-7-2-1-6(5-10-7)8-11-3-4-12-8;5-3-1-2-7-4(3)6;5-4-1-2-6-3-4;5-4(6)3-1-2-3/h3-6,10,15-16H,7-9,11-12H2,1-2H3,(H,22,24,25,26);3-6,9-10,15H,1-2,7-8H2;1-2,5-7,9,13H,3-4H2;1,4-7,9H,2-3H2;1-2,5,8H,3-4H2;1H,2H2;1,3H,2H2;3,5-6H,1-2H2. The molecule has 33 heteroatoms. The molecule has 15 heterocycles. The number of hydrogen-bond acceptors (Lipinski definition) is 22. The van der Waals surface area contributed by atoms with Crippen LogP contribution in [0.5, 0.6) is 0 Å². The Morgan fingerprint density at radius 3 is 1.67 bits per heavy atom. The summed E-state index contributed by atoms with van der Waals surface area (Å²) in [6.07, 6.45) is 28.0. The van der Waals surface area contributed by atoms with Gasteiger partial charge in [0.1, 0.15) is 48.8 Å². The molecular formula is C80H82BBrF5I2N15O9. The second-order valence-corrected chi connectivity index (χ2v) is 31.1. The summed E-state index contributed by atoms with van der Waals surface area (Å²) in [5.41, 5.74) is 9.23. The molecule has 9 fully saturated rings. The number of nitrogens with zero attached hydrogens (tertiary/aromatic N) is 14. The number of aryl methyl sites for hydroxylation is 1. The van der Waals surface area contributed by atoms with Crippen LogP contribution in [0.1, 0.15) is 145 Å². The highest BCUT2D eigenvalue weighted by Crippen LogP contribution is 2.43. The van der Waals surface area contributed by atoms with Crippen LogP contribution in [0.25, 0.3) is 22.9 Å². The van der Waals surface area contributed by atoms with Crippen LogP contribution in [-0.2, 0) is 28.4 Å². The van der Waals surface area contributed by atoms with Crippen LogP contribution in [0, 0.1) is 30.4 Å². The van der Waals surface area contributed by atoms with E-state index in [1.807, 2.05) is 119 Å². The van der Waals surface area contributed by atoms with Crippen molar-refractivity contribution in [3.63, 3.8) is 0 Å². The minimum atomic E-state index is -1.04. The zero-order chi connectivity index (χ0) is 78.9. The van der Waals surface area contributed by atoms with Crippen molar-refractivity contribution < 1.29 is 65.2 Å². The highest BCUT2D eigenvalue weighted by Gasteiger charge is 2.38. The topological polar surface area (TPSA) is 278 Å². The highest BCUT2D eigenvalue weighted by atomic mass is 127. The van der Waals surface area contributed by atoms with Gasteiger partial charge >= 0.3 is 7.12 Å². The molecule has 2 bridgehead atoms. The zero-order valence-electron chi connectivity index (χ0n) is 61.8. The van der Waals surface area contributed by atoms with Crippen LogP contribution in [0.3, 0.4) is 0 Å². The molecule has 1 aromatic carbocycles. The molecule has 8 aliphatic heterocycles. The number of ether oxygens (including phenoxy) is 6. The molecule has 4 saturated carbocycles. The molecule has 24 nitrogen and oxygen atoms in total. The first-order valence-corrected chi connectivity index (χ1v) is 40.1. The Morgan fingerprint density at radius 2 is 1.22 bits per heavy atom. The summed E-state index contributed by atoms with van der Waals surface area (Å²) in [4.78, 5) is 51.1. The lowest BCUT2D eigenvalue weighted by Crippen LogP contribution is -2.48. The molecule has 1 atom stereocenters. The van der Waals surface area contributed by atoms with E-state index in [0.717, 1.165) is 138 Å². The summed E-state index contributed by atoms with van der Waals surface area (Å²) < 4.78 is 102. The van der Waals surface area contributed by atoms with E-state index in [9.17, 15) is 26.7 Å². The normalized spacial score (nSPS) is 20.4. The number of benzene rings is 1. The third-order valence-corrected chi connectivity index (χ3v) is 21.2. The SMILES string of the molecule is Brc1ccc(C2OCCO2)cn1.CC1=CC(Nc2cc(C)nc(-c3ccc(N4CC5CC(C5)C4)nc3)n2)=NC1.FC1=CC(c2ccc(C3OCCO3)cn2)C=C1I.FC1=CCN=C1.FC1=CCN=C1I.Fc1cn(-c2ccc(C3OCCO3)cc2)nc1C1CC1.O=Cc1ccc(-n2cc(F)c(C3CC3)n2)nc1.OB(O)C1CC1. The second kappa shape index (κ2) is 39.8. The fourth-order valence-electron chi connectivity index (χ4n) is 12.6. The van der Waals surface area contributed by atoms with E-state index in [1.165, 1.54) is 60.1 Å². The van der Waals surface area contributed by atoms with Crippen molar-refractivity contribution in [2.45, 2.75) is 108 Å². The summed E-state index contributed by atoms with van der Waals surface area (Å²) >= 11 is 7.11. The number of pyridine rings is 4. The monoisotopic (exact) mass is 1840 g/mol. The van der Waals surface area contributed by atoms with Gasteiger partial charge in [0.25, 0.3) is 0 Å². The van der Waals surface area contributed by atoms with Gasteiger partial charge in [0.2, 0.25) is 0 Å². The molecule has 7 aromatic heterocycles. The first-order valence-electron chi connectivity index (χ1n) is 37.2. The van der Waals surface area contributed by atoms with E-state index >= 15 is 0 Å². The number of carbonyl (C=O) groups excluding carboxylic acids is 1. The second-order valence-electron chi connectivity index (χ2n) is 28.1. The van der Waals surface area contributed by atoms with Gasteiger partial charge in [-0.25, -0.2) is 56.2 Å². The smallest absolute Gasteiger partial charge is 0.427 e. The highest BCUT2D eigenvalue weighted by molar-refractivity contribution is 14.1. The van der Waals surface area contributed by atoms with Gasteiger partial charge in [-0.2, -0.15) is 10.2 Å². The van der Waals surface area contributed by atoms with Gasteiger partial charge in [-0.15, -0.1) is 0 Å². The minimum Gasteiger partial charge on any atom is -0.427 e. The Balaban J connectivity index is 0.000000118. The quantitative estimate of drug-likeness (QED) is 0.0318. The van der Waals surface area contributed by atoms with E-state index in [2.05, 4.69) is 101 Å². The van der Waals surface area contributed by atoms with Crippen molar-refractivity contribution in [3.8, 4) is 22.9 Å². The number of anilines is 2. The number of carbonyl (C=O) groups is 1. The molecule has 0 amide bonds. The first-order chi connectivity index (χ1) is 54.8. The van der Waals surface area contributed by atoms with Crippen molar-refractivity contribution in [3.05, 3.63) is 234 Å². The average molecular weight is 1840 g/mol. The number of aldehydes is 1. The summed E-state index contributed by atoms with van der Waals surface area (Å²) in [6.45, 7) is 12.0.